The largest absolute Gasteiger partial charge is 0.303 e. The van der Waals surface area contributed by atoms with Crippen LogP contribution in [0.15, 0.2) is 46.9 Å². The molecule has 0 saturated carbocycles. The smallest absolute Gasteiger partial charge is 0.0468 e. The van der Waals surface area contributed by atoms with Crippen LogP contribution >= 0.6 is 39.1 Å². The molecular formula is C17H18BrCl2N. The predicted octanol–water partition coefficient (Wildman–Crippen LogP) is 6.56. The van der Waals surface area contributed by atoms with E-state index in [0.717, 1.165) is 16.5 Å². The lowest BCUT2D eigenvalue weighted by Crippen LogP contribution is -2.24. The molecule has 21 heavy (non-hydrogen) atoms. The van der Waals surface area contributed by atoms with E-state index in [2.05, 4.69) is 59.4 Å². The van der Waals surface area contributed by atoms with Crippen molar-refractivity contribution in [3.8, 4) is 0 Å². The van der Waals surface area contributed by atoms with Gasteiger partial charge < -0.3 is 5.32 Å². The van der Waals surface area contributed by atoms with Gasteiger partial charge in [-0.1, -0.05) is 64.3 Å². The van der Waals surface area contributed by atoms with Crippen molar-refractivity contribution in [3.05, 3.63) is 68.1 Å². The summed E-state index contributed by atoms with van der Waals surface area (Å²) in [6, 6.07) is 14.5. The number of halogens is 3. The van der Waals surface area contributed by atoms with Crippen LogP contribution in [0.5, 0.6) is 0 Å². The van der Waals surface area contributed by atoms with E-state index in [1.807, 2.05) is 12.1 Å². The summed E-state index contributed by atoms with van der Waals surface area (Å²) < 4.78 is 1.09. The zero-order valence-electron chi connectivity index (χ0n) is 12.0. The average molecular weight is 387 g/mol. The molecule has 2 aromatic carbocycles. The quantitative estimate of drug-likeness (QED) is 0.613. The van der Waals surface area contributed by atoms with Crippen LogP contribution < -0.4 is 5.32 Å². The minimum absolute atomic E-state index is 0.202. The van der Waals surface area contributed by atoms with Gasteiger partial charge in [-0.05, 0) is 48.7 Å². The first-order valence-electron chi connectivity index (χ1n) is 6.97. The molecule has 1 N–H and O–H groups in total. The molecule has 1 nitrogen and oxygen atoms in total. The SMILES string of the molecule is CCC(N[C@@H](C)c1ccc(Br)cc1)c1ccc(Cl)cc1Cl. The van der Waals surface area contributed by atoms with E-state index < -0.39 is 0 Å². The lowest BCUT2D eigenvalue weighted by molar-refractivity contribution is 0.456. The third kappa shape index (κ3) is 4.46. The van der Waals surface area contributed by atoms with Crippen molar-refractivity contribution >= 4 is 39.1 Å². The molecule has 0 aliphatic carbocycles. The Balaban J connectivity index is 2.16. The van der Waals surface area contributed by atoms with Crippen LogP contribution in [0.4, 0.5) is 0 Å². The minimum atomic E-state index is 0.202. The molecule has 0 aromatic heterocycles. The van der Waals surface area contributed by atoms with Gasteiger partial charge in [-0.25, -0.2) is 0 Å². The fourth-order valence-corrected chi connectivity index (χ4v) is 3.17. The van der Waals surface area contributed by atoms with Gasteiger partial charge in [0.1, 0.15) is 0 Å². The molecule has 0 fully saturated rings. The summed E-state index contributed by atoms with van der Waals surface area (Å²) in [6.45, 7) is 4.31. The lowest BCUT2D eigenvalue weighted by Gasteiger charge is -2.24. The van der Waals surface area contributed by atoms with E-state index in [-0.39, 0.29) is 12.1 Å². The van der Waals surface area contributed by atoms with Gasteiger partial charge in [0.2, 0.25) is 0 Å². The van der Waals surface area contributed by atoms with Crippen LogP contribution in [0, 0.1) is 0 Å². The molecule has 0 aliphatic heterocycles. The van der Waals surface area contributed by atoms with Crippen molar-refractivity contribution in [2.45, 2.75) is 32.4 Å². The first-order valence-corrected chi connectivity index (χ1v) is 8.52. The maximum atomic E-state index is 6.32. The molecule has 2 aromatic rings. The van der Waals surface area contributed by atoms with Gasteiger partial charge in [0.05, 0.1) is 0 Å². The highest BCUT2D eigenvalue weighted by Gasteiger charge is 2.16. The molecular weight excluding hydrogens is 369 g/mol. The third-order valence-electron chi connectivity index (χ3n) is 3.57. The molecule has 0 saturated heterocycles. The molecule has 0 amide bonds. The van der Waals surface area contributed by atoms with Crippen LogP contribution in [-0.4, -0.2) is 0 Å². The second-order valence-electron chi connectivity index (χ2n) is 5.07. The highest BCUT2D eigenvalue weighted by Crippen LogP contribution is 2.30. The van der Waals surface area contributed by atoms with Gasteiger partial charge in [-0.15, -0.1) is 0 Å². The van der Waals surface area contributed by atoms with Crippen molar-refractivity contribution < 1.29 is 0 Å². The Kier molecular flexibility index (Phi) is 6.12. The summed E-state index contributed by atoms with van der Waals surface area (Å²) in [5.74, 6) is 0. The molecule has 1 unspecified atom stereocenters. The molecule has 0 heterocycles. The van der Waals surface area contributed by atoms with Crippen LogP contribution in [0.3, 0.4) is 0 Å². The molecule has 2 atom stereocenters. The van der Waals surface area contributed by atoms with E-state index in [9.17, 15) is 0 Å². The van der Waals surface area contributed by atoms with Crippen molar-refractivity contribution in [1.29, 1.82) is 0 Å². The maximum Gasteiger partial charge on any atom is 0.0468 e. The van der Waals surface area contributed by atoms with Crippen LogP contribution in [0.1, 0.15) is 43.5 Å². The summed E-state index contributed by atoms with van der Waals surface area (Å²) >= 11 is 15.8. The summed E-state index contributed by atoms with van der Waals surface area (Å²) in [5, 5.41) is 5.02. The number of nitrogens with one attached hydrogen (secondary N) is 1. The second kappa shape index (κ2) is 7.64. The van der Waals surface area contributed by atoms with Gasteiger partial charge in [0, 0.05) is 26.6 Å². The topological polar surface area (TPSA) is 12.0 Å². The van der Waals surface area contributed by atoms with Gasteiger partial charge in [0.25, 0.3) is 0 Å². The average Bonchev–Trinajstić information content (AvgIpc) is 2.46. The molecule has 0 bridgehead atoms. The zero-order chi connectivity index (χ0) is 15.4. The van der Waals surface area contributed by atoms with Crippen molar-refractivity contribution in [2.24, 2.45) is 0 Å². The van der Waals surface area contributed by atoms with E-state index in [1.54, 1.807) is 6.07 Å². The fraction of sp³-hybridized carbons (Fsp3) is 0.294. The summed E-state index contributed by atoms with van der Waals surface area (Å²) in [6.07, 6.45) is 0.961. The molecule has 4 heteroatoms. The monoisotopic (exact) mass is 385 g/mol. The van der Waals surface area contributed by atoms with Crippen molar-refractivity contribution in [2.75, 3.05) is 0 Å². The van der Waals surface area contributed by atoms with Crippen LogP contribution in [0.25, 0.3) is 0 Å². The lowest BCUT2D eigenvalue weighted by atomic mass is 10.0. The third-order valence-corrected chi connectivity index (χ3v) is 4.66. The molecule has 0 aliphatic rings. The Morgan fingerprint density at radius 3 is 2.33 bits per heavy atom. The van der Waals surface area contributed by atoms with Gasteiger partial charge >= 0.3 is 0 Å². The number of hydrogen-bond acceptors (Lipinski definition) is 1. The Morgan fingerprint density at radius 1 is 1.10 bits per heavy atom. The predicted molar refractivity (Wildman–Crippen MR) is 95.2 cm³/mol. The Labute approximate surface area is 144 Å². The van der Waals surface area contributed by atoms with Crippen molar-refractivity contribution in [1.82, 2.24) is 5.32 Å². The number of hydrogen-bond donors (Lipinski definition) is 1. The summed E-state index contributed by atoms with van der Waals surface area (Å²) in [7, 11) is 0. The van der Waals surface area contributed by atoms with E-state index >= 15 is 0 Å². The summed E-state index contributed by atoms with van der Waals surface area (Å²) in [4.78, 5) is 0. The highest BCUT2D eigenvalue weighted by atomic mass is 79.9. The maximum absolute atomic E-state index is 6.32. The Hall–Kier alpha value is -0.540. The Morgan fingerprint density at radius 2 is 1.76 bits per heavy atom. The van der Waals surface area contributed by atoms with E-state index in [1.165, 1.54) is 5.56 Å². The molecule has 2 rings (SSSR count). The number of benzene rings is 2. The van der Waals surface area contributed by atoms with Gasteiger partial charge in [0.15, 0.2) is 0 Å². The Bertz CT molecular complexity index is 598. The van der Waals surface area contributed by atoms with Crippen LogP contribution in [-0.2, 0) is 0 Å². The summed E-state index contributed by atoms with van der Waals surface area (Å²) in [5.41, 5.74) is 2.34. The molecule has 0 spiro atoms. The first kappa shape index (κ1) is 16.8. The van der Waals surface area contributed by atoms with Gasteiger partial charge in [-0.2, -0.15) is 0 Å². The van der Waals surface area contributed by atoms with Gasteiger partial charge in [-0.3, -0.25) is 0 Å². The molecule has 112 valence electrons. The second-order valence-corrected chi connectivity index (χ2v) is 6.83. The van der Waals surface area contributed by atoms with E-state index in [4.69, 9.17) is 23.2 Å². The molecule has 0 radical (unpaired) electrons. The highest BCUT2D eigenvalue weighted by molar-refractivity contribution is 9.10. The van der Waals surface area contributed by atoms with Crippen LogP contribution in [0.2, 0.25) is 10.0 Å². The van der Waals surface area contributed by atoms with E-state index in [0.29, 0.717) is 10.0 Å². The normalized spacial score (nSPS) is 14.0. The fourth-order valence-electron chi connectivity index (χ4n) is 2.36. The zero-order valence-corrected chi connectivity index (χ0v) is 15.1. The number of rotatable bonds is 5. The van der Waals surface area contributed by atoms with Crippen molar-refractivity contribution in [3.63, 3.8) is 0 Å². The standard InChI is InChI=1S/C17H18BrCl2N/c1-3-17(15-9-8-14(19)10-16(15)20)21-11(2)12-4-6-13(18)7-5-12/h4-11,17,21H,3H2,1-2H3/t11-,17?/m0/s1. The minimum Gasteiger partial charge on any atom is -0.303 e. The first-order chi connectivity index (χ1) is 10.0.